The molecule has 0 aromatic carbocycles. The molecule has 2 aromatic rings. The van der Waals surface area contributed by atoms with Gasteiger partial charge < -0.3 is 15.0 Å². The van der Waals surface area contributed by atoms with Crippen LogP contribution in [-0.2, 0) is 4.74 Å². The first-order valence-corrected chi connectivity index (χ1v) is 7.83. The predicted octanol–water partition coefficient (Wildman–Crippen LogP) is 0.624. The van der Waals surface area contributed by atoms with Crippen molar-refractivity contribution < 1.29 is 9.37 Å². The molecule has 0 unspecified atom stereocenters. The Kier molecular flexibility index (Phi) is 4.16. The predicted molar refractivity (Wildman–Crippen MR) is 77.3 cm³/mol. The highest BCUT2D eigenvalue weighted by Crippen LogP contribution is 2.24. The van der Waals surface area contributed by atoms with Crippen LogP contribution in [0, 0.1) is 0 Å². The minimum atomic E-state index is 0.425. The maximum absolute atomic E-state index is 5.37. The van der Waals surface area contributed by atoms with Crippen LogP contribution in [0.5, 0.6) is 0 Å². The molecule has 0 amide bonds. The van der Waals surface area contributed by atoms with E-state index in [0.29, 0.717) is 24.5 Å². The van der Waals surface area contributed by atoms with Crippen molar-refractivity contribution in [2.24, 2.45) is 0 Å². The fourth-order valence-corrected chi connectivity index (χ4v) is 2.32. The van der Waals surface area contributed by atoms with Gasteiger partial charge in [0, 0.05) is 25.4 Å². The summed E-state index contributed by atoms with van der Waals surface area (Å²) in [6, 6.07) is 0. The van der Waals surface area contributed by atoms with Gasteiger partial charge in [-0.05, 0) is 16.6 Å². The van der Waals surface area contributed by atoms with Gasteiger partial charge in [0.2, 0.25) is 11.3 Å². The number of ether oxygens (including phenoxy) is 1. The number of nitrogens with one attached hydrogen (secondary N) is 1. The molecule has 1 saturated heterocycles. The van der Waals surface area contributed by atoms with Gasteiger partial charge in [-0.15, -0.1) is 0 Å². The molecule has 108 valence electrons. The number of hydrogen-bond donors (Lipinski definition) is 1. The van der Waals surface area contributed by atoms with Gasteiger partial charge in [0.05, 0.1) is 13.2 Å². The average molecular weight is 296 g/mol. The van der Waals surface area contributed by atoms with Gasteiger partial charge >= 0.3 is 0 Å². The lowest BCUT2D eigenvalue weighted by molar-refractivity contribution is 0.122. The molecule has 0 radical (unpaired) electrons. The Morgan fingerprint density at radius 3 is 2.70 bits per heavy atom. The molecule has 8 nitrogen and oxygen atoms in total. The first-order valence-electron chi connectivity index (χ1n) is 6.44. The summed E-state index contributed by atoms with van der Waals surface area (Å²) in [6.07, 6.45) is 2.07. The number of nitrogens with zero attached hydrogens (tertiary/aromatic N) is 5. The Morgan fingerprint density at radius 2 is 1.95 bits per heavy atom. The molecule has 0 spiro atoms. The highest BCUT2D eigenvalue weighted by Gasteiger charge is 2.20. The number of hydrogen-bond acceptors (Lipinski definition) is 9. The van der Waals surface area contributed by atoms with Crippen LogP contribution in [-0.4, -0.2) is 65.1 Å². The number of thioether (sulfide) groups is 1. The van der Waals surface area contributed by atoms with E-state index in [4.69, 9.17) is 4.74 Å². The number of rotatable bonds is 5. The van der Waals surface area contributed by atoms with E-state index < -0.39 is 0 Å². The summed E-state index contributed by atoms with van der Waals surface area (Å²) in [7, 11) is 0. The van der Waals surface area contributed by atoms with Crippen LogP contribution in [0.1, 0.15) is 0 Å². The fraction of sp³-hybridized carbons (Fsp3) is 0.636. The van der Waals surface area contributed by atoms with Crippen molar-refractivity contribution in [2.75, 3.05) is 55.1 Å². The summed E-state index contributed by atoms with van der Waals surface area (Å²) >= 11 is 1.78. The number of aromatic nitrogens is 4. The Balaban J connectivity index is 1.90. The second-order valence-electron chi connectivity index (χ2n) is 4.33. The fourth-order valence-electron chi connectivity index (χ4n) is 2.02. The molecule has 0 bridgehead atoms. The number of fused-ring (bicyclic) bond motifs is 1. The van der Waals surface area contributed by atoms with Crippen LogP contribution in [0.3, 0.4) is 0 Å². The van der Waals surface area contributed by atoms with Gasteiger partial charge in [-0.2, -0.15) is 11.8 Å². The van der Waals surface area contributed by atoms with Gasteiger partial charge in [-0.3, -0.25) is 0 Å². The molecule has 3 heterocycles. The molecule has 0 aliphatic carbocycles. The summed E-state index contributed by atoms with van der Waals surface area (Å²) in [5.41, 5.74) is 0.857. The maximum Gasteiger partial charge on any atom is 0.245 e. The van der Waals surface area contributed by atoms with Crippen molar-refractivity contribution in [3.63, 3.8) is 0 Å². The molecule has 1 N–H and O–H groups in total. The zero-order valence-electron chi connectivity index (χ0n) is 11.2. The second kappa shape index (κ2) is 6.23. The molecule has 9 heteroatoms. The van der Waals surface area contributed by atoms with Crippen molar-refractivity contribution in [1.82, 2.24) is 20.3 Å². The Labute approximate surface area is 120 Å². The number of morpholine rings is 1. The minimum Gasteiger partial charge on any atom is -0.378 e. The maximum atomic E-state index is 5.37. The Hall–Kier alpha value is -1.61. The molecule has 1 fully saturated rings. The first-order chi connectivity index (χ1) is 9.88. The van der Waals surface area contributed by atoms with E-state index in [1.165, 1.54) is 0 Å². The zero-order chi connectivity index (χ0) is 13.8. The lowest BCUT2D eigenvalue weighted by Gasteiger charge is -2.28. The second-order valence-corrected chi connectivity index (χ2v) is 5.31. The van der Waals surface area contributed by atoms with Crippen molar-refractivity contribution in [3.8, 4) is 0 Å². The van der Waals surface area contributed by atoms with Gasteiger partial charge in [-0.1, -0.05) is 0 Å². The van der Waals surface area contributed by atoms with Crippen LogP contribution < -0.4 is 10.2 Å². The van der Waals surface area contributed by atoms with E-state index >= 15 is 0 Å². The summed E-state index contributed by atoms with van der Waals surface area (Å²) < 4.78 is 10.1. The lowest BCUT2D eigenvalue weighted by Crippen LogP contribution is -2.37. The van der Waals surface area contributed by atoms with Gasteiger partial charge in [0.25, 0.3) is 0 Å². The summed E-state index contributed by atoms with van der Waals surface area (Å²) in [4.78, 5) is 11.1. The van der Waals surface area contributed by atoms with E-state index in [1.54, 1.807) is 11.8 Å². The molecule has 2 aromatic heterocycles. The van der Waals surface area contributed by atoms with Crippen LogP contribution in [0.15, 0.2) is 4.63 Å². The Bertz CT molecular complexity index is 571. The third kappa shape index (κ3) is 2.78. The highest BCUT2D eigenvalue weighted by atomic mass is 32.2. The van der Waals surface area contributed by atoms with Crippen molar-refractivity contribution in [1.29, 1.82) is 0 Å². The topological polar surface area (TPSA) is 89.2 Å². The zero-order valence-corrected chi connectivity index (χ0v) is 12.0. The van der Waals surface area contributed by atoms with Gasteiger partial charge in [0.15, 0.2) is 11.6 Å². The van der Waals surface area contributed by atoms with E-state index in [9.17, 15) is 0 Å². The molecular weight excluding hydrogens is 280 g/mol. The average Bonchev–Trinajstić information content (AvgIpc) is 2.95. The van der Waals surface area contributed by atoms with Crippen molar-refractivity contribution in [2.45, 2.75) is 0 Å². The monoisotopic (exact) mass is 296 g/mol. The van der Waals surface area contributed by atoms with Crippen LogP contribution in [0.2, 0.25) is 0 Å². The molecule has 0 saturated carbocycles. The molecule has 1 aliphatic rings. The highest BCUT2D eigenvalue weighted by molar-refractivity contribution is 7.98. The van der Waals surface area contributed by atoms with Crippen molar-refractivity contribution in [3.05, 3.63) is 0 Å². The van der Waals surface area contributed by atoms with E-state index in [-0.39, 0.29) is 0 Å². The molecule has 1 aliphatic heterocycles. The minimum absolute atomic E-state index is 0.425. The van der Waals surface area contributed by atoms with Crippen molar-refractivity contribution >= 4 is 34.7 Å². The van der Waals surface area contributed by atoms with Crippen LogP contribution >= 0.6 is 11.8 Å². The van der Waals surface area contributed by atoms with E-state index in [1.807, 2.05) is 0 Å². The molecular formula is C11H16N6O2S. The summed E-state index contributed by atoms with van der Waals surface area (Å²) in [5, 5.41) is 10.8. The van der Waals surface area contributed by atoms with Crippen LogP contribution in [0.4, 0.5) is 11.6 Å². The largest absolute Gasteiger partial charge is 0.378 e. The third-order valence-corrected chi connectivity index (χ3v) is 3.62. The normalized spacial score (nSPS) is 15.8. The summed E-state index contributed by atoms with van der Waals surface area (Å²) in [6.45, 7) is 3.80. The lowest BCUT2D eigenvalue weighted by atomic mass is 10.4. The standard InChI is InChI=1S/C11H16N6O2S/c1-20-7-2-12-10-11(17-3-5-18-6-4-17)14-9-8(13-10)15-19-16-9/h2-7H2,1H3,(H,12,13,15). The molecule has 0 atom stereocenters. The quantitative estimate of drug-likeness (QED) is 0.797. The number of anilines is 2. The SMILES string of the molecule is CSCCNc1nc2nonc2nc1N1CCOCC1. The third-order valence-electron chi connectivity index (χ3n) is 3.01. The van der Waals surface area contributed by atoms with E-state index in [0.717, 1.165) is 37.0 Å². The van der Waals surface area contributed by atoms with Gasteiger partial charge in [0.1, 0.15) is 0 Å². The Morgan fingerprint density at radius 1 is 1.20 bits per heavy atom. The smallest absolute Gasteiger partial charge is 0.245 e. The van der Waals surface area contributed by atoms with Gasteiger partial charge in [-0.25, -0.2) is 14.6 Å². The van der Waals surface area contributed by atoms with E-state index in [2.05, 4.69) is 41.4 Å². The van der Waals surface area contributed by atoms with Crippen LogP contribution in [0.25, 0.3) is 11.3 Å². The molecule has 3 rings (SSSR count). The first kappa shape index (κ1) is 13.4. The molecule has 20 heavy (non-hydrogen) atoms. The summed E-state index contributed by atoms with van der Waals surface area (Å²) in [5.74, 6) is 2.51.